The molecule has 0 spiro atoms. The van der Waals surface area contributed by atoms with Gasteiger partial charge in [0.1, 0.15) is 4.90 Å². The van der Waals surface area contributed by atoms with Gasteiger partial charge in [-0.25, -0.2) is 8.42 Å². The molecule has 0 amide bonds. The van der Waals surface area contributed by atoms with Crippen LogP contribution in [0.15, 0.2) is 47.4 Å². The molecular weight excluding hydrogens is 522 g/mol. The van der Waals surface area contributed by atoms with Crippen molar-refractivity contribution in [3.63, 3.8) is 0 Å². The fraction of sp³-hybridized carbons (Fsp3) is 0.500. The predicted molar refractivity (Wildman–Crippen MR) is 131 cm³/mol. The van der Waals surface area contributed by atoms with E-state index in [2.05, 4.69) is 23.6 Å². The molecule has 2 atom stereocenters. The van der Waals surface area contributed by atoms with Gasteiger partial charge in [-0.1, -0.05) is 35.3 Å². The van der Waals surface area contributed by atoms with Gasteiger partial charge in [0.25, 0.3) is 0 Å². The van der Waals surface area contributed by atoms with Gasteiger partial charge < -0.3 is 0 Å². The summed E-state index contributed by atoms with van der Waals surface area (Å²) in [5.41, 5.74) is 0.128. The molecule has 0 aliphatic carbocycles. The summed E-state index contributed by atoms with van der Waals surface area (Å²) < 4.78 is 68.1. The van der Waals surface area contributed by atoms with Gasteiger partial charge in [0.2, 0.25) is 10.0 Å². The zero-order valence-corrected chi connectivity index (χ0v) is 21.8. The maximum atomic E-state index is 13.7. The maximum absolute atomic E-state index is 13.7. The fourth-order valence-corrected chi connectivity index (χ4v) is 7.22. The van der Waals surface area contributed by atoms with E-state index in [1.807, 2.05) is 24.3 Å². The standard InChI is InChI=1S/C24H28Cl2F3N3O2S/c1-16(2)30-14-20(12-17-4-7-19(25)8-5-17)31-10-3-11-32(23(31)15-30)35(33,34)22-9-6-18(13-21(22)26)24(27,28)29/h4-9,13,16,20,23H,3,10-12,14-15H2,1-2H3. The average molecular weight is 550 g/mol. The molecular formula is C24H28Cl2F3N3O2S. The molecule has 2 saturated heterocycles. The van der Waals surface area contributed by atoms with Crippen LogP contribution < -0.4 is 0 Å². The number of rotatable bonds is 5. The Morgan fingerprint density at radius 2 is 1.71 bits per heavy atom. The molecule has 2 aromatic carbocycles. The van der Waals surface area contributed by atoms with E-state index in [0.29, 0.717) is 24.1 Å². The summed E-state index contributed by atoms with van der Waals surface area (Å²) in [5.74, 6) is 0. The first-order valence-electron chi connectivity index (χ1n) is 11.5. The number of hydrogen-bond acceptors (Lipinski definition) is 4. The van der Waals surface area contributed by atoms with Crippen LogP contribution in [0.4, 0.5) is 13.2 Å². The van der Waals surface area contributed by atoms with Crippen LogP contribution in [0.2, 0.25) is 10.0 Å². The largest absolute Gasteiger partial charge is 0.416 e. The highest BCUT2D eigenvalue weighted by molar-refractivity contribution is 7.89. The number of piperazine rings is 1. The Kier molecular flexibility index (Phi) is 7.77. The van der Waals surface area contributed by atoms with E-state index < -0.39 is 33.0 Å². The number of fused-ring (bicyclic) bond motifs is 1. The van der Waals surface area contributed by atoms with Crippen molar-refractivity contribution < 1.29 is 21.6 Å². The lowest BCUT2D eigenvalue weighted by Crippen LogP contribution is -2.68. The van der Waals surface area contributed by atoms with Crippen LogP contribution in [0.1, 0.15) is 31.4 Å². The van der Waals surface area contributed by atoms with Crippen LogP contribution in [0.5, 0.6) is 0 Å². The van der Waals surface area contributed by atoms with Crippen LogP contribution in [-0.4, -0.2) is 67.0 Å². The number of benzene rings is 2. The second kappa shape index (κ2) is 10.2. The quantitative estimate of drug-likeness (QED) is 0.503. The third-order valence-electron chi connectivity index (χ3n) is 6.78. The van der Waals surface area contributed by atoms with Gasteiger partial charge in [0, 0.05) is 43.3 Å². The van der Waals surface area contributed by atoms with Crippen LogP contribution in [0.3, 0.4) is 0 Å². The number of nitrogens with zero attached hydrogens (tertiary/aromatic N) is 3. The molecule has 2 unspecified atom stereocenters. The van der Waals surface area contributed by atoms with Crippen molar-refractivity contribution in [3.05, 3.63) is 63.6 Å². The van der Waals surface area contributed by atoms with E-state index in [9.17, 15) is 21.6 Å². The number of hydrogen-bond donors (Lipinski definition) is 0. The minimum atomic E-state index is -4.61. The summed E-state index contributed by atoms with van der Waals surface area (Å²) in [5, 5.41) is 0.230. The first kappa shape index (κ1) is 26.7. The van der Waals surface area contributed by atoms with Crippen molar-refractivity contribution in [2.45, 2.75) is 56.0 Å². The molecule has 35 heavy (non-hydrogen) atoms. The number of alkyl halides is 3. The Bertz CT molecular complexity index is 1160. The predicted octanol–water partition coefficient (Wildman–Crippen LogP) is 5.37. The Morgan fingerprint density at radius 1 is 1.03 bits per heavy atom. The van der Waals surface area contributed by atoms with E-state index in [0.717, 1.165) is 37.2 Å². The first-order chi connectivity index (χ1) is 16.4. The highest BCUT2D eigenvalue weighted by Gasteiger charge is 2.45. The summed E-state index contributed by atoms with van der Waals surface area (Å²) in [6.45, 7) is 6.45. The fourth-order valence-electron chi connectivity index (χ4n) is 4.94. The lowest BCUT2D eigenvalue weighted by molar-refractivity contribution is -0.137. The van der Waals surface area contributed by atoms with Crippen molar-refractivity contribution in [1.29, 1.82) is 0 Å². The molecule has 2 aliphatic rings. The molecule has 5 nitrogen and oxygen atoms in total. The van der Waals surface area contributed by atoms with Gasteiger partial charge in [-0.2, -0.15) is 17.5 Å². The molecule has 0 N–H and O–H groups in total. The highest BCUT2D eigenvalue weighted by atomic mass is 35.5. The summed E-state index contributed by atoms with van der Waals surface area (Å²) in [6, 6.07) is 10.3. The van der Waals surface area contributed by atoms with Gasteiger partial charge in [0.05, 0.1) is 16.8 Å². The van der Waals surface area contributed by atoms with Gasteiger partial charge in [-0.15, -0.1) is 0 Å². The Balaban J connectivity index is 1.66. The zero-order chi connectivity index (χ0) is 25.5. The number of halogens is 5. The normalized spacial score (nSPS) is 23.0. The third kappa shape index (κ3) is 5.65. The van der Waals surface area contributed by atoms with Crippen molar-refractivity contribution in [2.75, 3.05) is 26.2 Å². The van der Waals surface area contributed by atoms with E-state index in [-0.39, 0.29) is 23.5 Å². The number of sulfonamides is 1. The molecule has 192 valence electrons. The summed E-state index contributed by atoms with van der Waals surface area (Å²) >= 11 is 12.1. The molecule has 11 heteroatoms. The van der Waals surface area contributed by atoms with Crippen molar-refractivity contribution >= 4 is 33.2 Å². The van der Waals surface area contributed by atoms with E-state index in [1.54, 1.807) is 0 Å². The van der Waals surface area contributed by atoms with Crippen molar-refractivity contribution in [2.24, 2.45) is 0 Å². The topological polar surface area (TPSA) is 43.9 Å². The molecule has 0 saturated carbocycles. The average Bonchev–Trinajstić information content (AvgIpc) is 2.79. The highest BCUT2D eigenvalue weighted by Crippen LogP contribution is 2.36. The molecule has 2 fully saturated rings. The molecule has 0 aromatic heterocycles. The monoisotopic (exact) mass is 549 g/mol. The smallest absolute Gasteiger partial charge is 0.296 e. The molecule has 2 aromatic rings. The second-order valence-electron chi connectivity index (χ2n) is 9.36. The molecule has 2 aliphatic heterocycles. The maximum Gasteiger partial charge on any atom is 0.416 e. The summed E-state index contributed by atoms with van der Waals surface area (Å²) in [6.07, 6.45) is -3.71. The zero-order valence-electron chi connectivity index (χ0n) is 19.5. The molecule has 0 bridgehead atoms. The van der Waals surface area contributed by atoms with Gasteiger partial charge >= 0.3 is 6.18 Å². The third-order valence-corrected chi connectivity index (χ3v) is 9.41. The molecule has 2 heterocycles. The van der Waals surface area contributed by atoms with Crippen molar-refractivity contribution in [3.8, 4) is 0 Å². The molecule has 0 radical (unpaired) electrons. The lowest BCUT2D eigenvalue weighted by atomic mass is 9.98. The Morgan fingerprint density at radius 3 is 2.31 bits per heavy atom. The van der Waals surface area contributed by atoms with Crippen LogP contribution in [-0.2, 0) is 22.6 Å². The summed E-state index contributed by atoms with van der Waals surface area (Å²) in [7, 11) is -4.13. The van der Waals surface area contributed by atoms with Gasteiger partial charge in [-0.05, 0) is 62.6 Å². The van der Waals surface area contributed by atoms with Crippen LogP contribution in [0, 0.1) is 0 Å². The SMILES string of the molecule is CC(C)N1CC(Cc2ccc(Cl)cc2)N2CCCN(S(=O)(=O)c3ccc(C(F)(F)F)cc3Cl)C2C1. The lowest BCUT2D eigenvalue weighted by Gasteiger charge is -2.53. The van der Waals surface area contributed by atoms with Gasteiger partial charge in [-0.3, -0.25) is 9.80 Å². The van der Waals surface area contributed by atoms with Gasteiger partial charge in [0.15, 0.2) is 0 Å². The van der Waals surface area contributed by atoms with Crippen LogP contribution in [0.25, 0.3) is 0 Å². The Hall–Kier alpha value is -1.36. The van der Waals surface area contributed by atoms with Crippen molar-refractivity contribution in [1.82, 2.24) is 14.1 Å². The molecule has 4 rings (SSSR count). The van der Waals surface area contributed by atoms with E-state index >= 15 is 0 Å². The Labute approximate surface area is 214 Å². The van der Waals surface area contributed by atoms with E-state index in [4.69, 9.17) is 23.2 Å². The first-order valence-corrected chi connectivity index (χ1v) is 13.7. The summed E-state index contributed by atoms with van der Waals surface area (Å²) in [4.78, 5) is 4.17. The van der Waals surface area contributed by atoms with E-state index in [1.165, 1.54) is 4.31 Å². The minimum Gasteiger partial charge on any atom is -0.296 e. The van der Waals surface area contributed by atoms with Crippen LogP contribution >= 0.6 is 23.2 Å². The minimum absolute atomic E-state index is 0.0680. The second-order valence-corrected chi connectivity index (χ2v) is 12.1.